The predicted octanol–water partition coefficient (Wildman–Crippen LogP) is 2.34. The molecule has 6 N–H and O–H groups in total. The molecule has 8 rings (SSSR count). The first-order chi connectivity index (χ1) is 34.1. The van der Waals surface area contributed by atoms with Crippen molar-refractivity contribution in [2.75, 3.05) is 126 Å². The van der Waals surface area contributed by atoms with Crippen LogP contribution in [0.2, 0.25) is 0 Å². The average molecular weight is 1080 g/mol. The standard InChI is InChI=1S/C44H50N6O18S4/c51-41(33-5-3-31(27-37(33)71(59,60)61)45-43(53)29-1-7-35(47-9-17-65-18-10-47)39(25-29)69(55,56)49-13-21-67-22-14-49)42(52)34-6-4-32(28-38(34)72(62,63)64)46-44(54)30-2-8-36(48-11-19-66-20-12-48)40(26-30)70(57,58)50-15-23-68-24-16-50/h1-8,25-28,51-52H,9-24H2,(H,45,53)(H,46,54)(H,59,60,61)(H,62,63,64)/b42-41+. The number of sulfonamides is 2. The second-order valence-corrected chi connectivity index (χ2v) is 23.2. The molecule has 28 heteroatoms. The molecule has 4 heterocycles. The molecule has 0 spiro atoms. The van der Waals surface area contributed by atoms with Crippen LogP contribution in [0.15, 0.2) is 92.4 Å². The third-order valence-electron chi connectivity index (χ3n) is 12.1. The van der Waals surface area contributed by atoms with Crippen LogP contribution >= 0.6 is 0 Å². The largest absolute Gasteiger partial charge is 0.504 e. The fourth-order valence-corrected chi connectivity index (χ4v) is 13.1. The average Bonchev–Trinajstić information content (AvgIpc) is 3.38. The number of hydrogen-bond acceptors (Lipinski definition) is 18. The fraction of sp³-hybridized carbons (Fsp3) is 0.364. The van der Waals surface area contributed by atoms with Gasteiger partial charge in [0.05, 0.1) is 64.2 Å². The lowest BCUT2D eigenvalue weighted by Gasteiger charge is -2.32. The number of hydrogen-bond donors (Lipinski definition) is 6. The van der Waals surface area contributed by atoms with Crippen molar-refractivity contribution in [2.24, 2.45) is 0 Å². The maximum absolute atomic E-state index is 14.0. The van der Waals surface area contributed by atoms with Crippen molar-refractivity contribution >= 4 is 86.4 Å². The zero-order valence-corrected chi connectivity index (χ0v) is 41.4. The van der Waals surface area contributed by atoms with E-state index >= 15 is 0 Å². The lowest BCUT2D eigenvalue weighted by Crippen LogP contribution is -2.42. The van der Waals surface area contributed by atoms with Crippen LogP contribution in [-0.2, 0) is 59.2 Å². The fourth-order valence-electron chi connectivity index (χ4n) is 8.39. The van der Waals surface area contributed by atoms with E-state index in [1.54, 1.807) is 0 Å². The van der Waals surface area contributed by atoms with E-state index in [9.17, 15) is 62.6 Å². The van der Waals surface area contributed by atoms with Gasteiger partial charge in [-0.15, -0.1) is 0 Å². The zero-order valence-electron chi connectivity index (χ0n) is 38.2. The number of morpholine rings is 4. The highest BCUT2D eigenvalue weighted by molar-refractivity contribution is 7.89. The first-order valence-electron chi connectivity index (χ1n) is 22.2. The Hall–Kier alpha value is -5.76. The summed E-state index contributed by atoms with van der Waals surface area (Å²) in [5.74, 6) is -4.47. The number of carbonyl (C=O) groups is 2. The summed E-state index contributed by atoms with van der Waals surface area (Å²) in [7, 11) is -19.0. The number of amides is 2. The van der Waals surface area contributed by atoms with Crippen LogP contribution in [0.25, 0.3) is 11.5 Å². The predicted molar refractivity (Wildman–Crippen MR) is 259 cm³/mol. The molecule has 4 fully saturated rings. The van der Waals surface area contributed by atoms with Crippen molar-refractivity contribution in [3.05, 3.63) is 95.1 Å². The summed E-state index contributed by atoms with van der Waals surface area (Å²) in [5, 5.41) is 27.5. The van der Waals surface area contributed by atoms with Crippen molar-refractivity contribution < 1.29 is 81.5 Å². The lowest BCUT2D eigenvalue weighted by molar-refractivity contribution is 0.0730. The molecule has 0 radical (unpaired) electrons. The molecule has 0 saturated carbocycles. The van der Waals surface area contributed by atoms with Gasteiger partial charge in [-0.3, -0.25) is 18.7 Å². The van der Waals surface area contributed by atoms with E-state index in [-0.39, 0.29) is 84.9 Å². The maximum Gasteiger partial charge on any atom is 0.295 e. The molecule has 0 unspecified atom stereocenters. The Bertz CT molecular complexity index is 3030. The number of anilines is 4. The van der Waals surface area contributed by atoms with Gasteiger partial charge in [0.2, 0.25) is 20.0 Å². The summed E-state index contributed by atoms with van der Waals surface area (Å²) in [4.78, 5) is 28.5. The van der Waals surface area contributed by atoms with Crippen molar-refractivity contribution in [2.45, 2.75) is 19.6 Å². The van der Waals surface area contributed by atoms with Crippen molar-refractivity contribution in [3.8, 4) is 0 Å². The molecule has 0 bridgehead atoms. The number of benzene rings is 4. The smallest absolute Gasteiger partial charge is 0.295 e. The number of rotatable bonds is 14. The quantitative estimate of drug-likeness (QED) is 0.0600. The number of ether oxygens (including phenoxy) is 4. The highest BCUT2D eigenvalue weighted by atomic mass is 32.2. The van der Waals surface area contributed by atoms with Gasteiger partial charge in [-0.2, -0.15) is 25.4 Å². The van der Waals surface area contributed by atoms with Crippen LogP contribution in [0.4, 0.5) is 22.7 Å². The normalized spacial score (nSPS) is 18.3. The van der Waals surface area contributed by atoms with E-state index in [4.69, 9.17) is 18.9 Å². The highest BCUT2D eigenvalue weighted by Crippen LogP contribution is 2.36. The van der Waals surface area contributed by atoms with E-state index in [1.165, 1.54) is 45.0 Å². The topological polar surface area (TPSA) is 326 Å². The Morgan fingerprint density at radius 1 is 0.431 bits per heavy atom. The van der Waals surface area contributed by atoms with Gasteiger partial charge in [0.25, 0.3) is 32.1 Å². The Kier molecular flexibility index (Phi) is 15.6. The minimum atomic E-state index is -5.32. The molecule has 4 aliphatic heterocycles. The molecule has 4 aromatic rings. The summed E-state index contributed by atoms with van der Waals surface area (Å²) in [6.07, 6.45) is 0. The molecule has 388 valence electrons. The van der Waals surface area contributed by atoms with Gasteiger partial charge < -0.3 is 49.6 Å². The summed E-state index contributed by atoms with van der Waals surface area (Å²) in [6.45, 7) is 3.80. The van der Waals surface area contributed by atoms with Crippen LogP contribution in [0, 0.1) is 0 Å². The second-order valence-electron chi connectivity index (χ2n) is 16.6. The van der Waals surface area contributed by atoms with E-state index in [1.807, 2.05) is 9.80 Å². The van der Waals surface area contributed by atoms with Gasteiger partial charge in [-0.25, -0.2) is 16.8 Å². The molecule has 4 aromatic carbocycles. The van der Waals surface area contributed by atoms with Gasteiger partial charge in [-0.1, -0.05) is 0 Å². The number of aliphatic hydroxyl groups is 2. The number of aliphatic hydroxyl groups excluding tert-OH is 2. The van der Waals surface area contributed by atoms with Crippen LogP contribution in [0.5, 0.6) is 0 Å². The van der Waals surface area contributed by atoms with E-state index in [0.29, 0.717) is 76.1 Å². The third kappa shape index (κ3) is 11.4. The minimum absolute atomic E-state index is 0.0735. The number of carbonyl (C=O) groups excluding carboxylic acids is 2. The Morgan fingerprint density at radius 3 is 1.07 bits per heavy atom. The van der Waals surface area contributed by atoms with E-state index in [2.05, 4.69) is 10.6 Å². The summed E-state index contributed by atoms with van der Waals surface area (Å²) >= 11 is 0. The molecule has 2 amide bonds. The van der Waals surface area contributed by atoms with Crippen molar-refractivity contribution in [1.82, 2.24) is 8.61 Å². The van der Waals surface area contributed by atoms with E-state index in [0.717, 1.165) is 24.3 Å². The molecular weight excluding hydrogens is 1030 g/mol. The SMILES string of the molecule is O=C(Nc1ccc(/C(O)=C(\O)c2ccc(NC(=O)c3ccc(N4CCOCC4)c(S(=O)(=O)N4CCOCC4)c3)cc2S(=O)(=O)O)c(S(=O)(=O)O)c1)c1ccc(N2CCOCC2)c(S(=O)(=O)N2CCOCC2)c1. The zero-order chi connectivity index (χ0) is 51.6. The van der Waals surface area contributed by atoms with Gasteiger partial charge in [0.1, 0.15) is 19.6 Å². The monoisotopic (exact) mass is 1080 g/mol. The molecule has 4 aliphatic rings. The van der Waals surface area contributed by atoms with Gasteiger partial charge in [0.15, 0.2) is 11.5 Å². The van der Waals surface area contributed by atoms with Crippen molar-refractivity contribution in [1.29, 1.82) is 0 Å². The molecule has 0 atom stereocenters. The lowest BCUT2D eigenvalue weighted by atomic mass is 10.1. The molecule has 72 heavy (non-hydrogen) atoms. The Morgan fingerprint density at radius 2 is 0.750 bits per heavy atom. The first kappa shape index (κ1) is 52.6. The summed E-state index contributed by atoms with van der Waals surface area (Å²) in [6, 6.07) is 13.3. The number of nitrogens with one attached hydrogen (secondary N) is 2. The molecule has 4 saturated heterocycles. The minimum Gasteiger partial charge on any atom is -0.504 e. The van der Waals surface area contributed by atoms with E-state index < -0.39 is 84.5 Å². The van der Waals surface area contributed by atoms with Crippen LogP contribution in [-0.4, -0.2) is 179 Å². The second kappa shape index (κ2) is 21.4. The first-order valence-corrected chi connectivity index (χ1v) is 28.0. The van der Waals surface area contributed by atoms with Crippen molar-refractivity contribution in [3.63, 3.8) is 0 Å². The summed E-state index contributed by atoms with van der Waals surface area (Å²) < 4.78 is 152. The highest BCUT2D eigenvalue weighted by Gasteiger charge is 2.34. The molecule has 0 aliphatic carbocycles. The summed E-state index contributed by atoms with van der Waals surface area (Å²) in [5.41, 5.74) is -1.84. The molecule has 24 nitrogen and oxygen atoms in total. The molecule has 0 aromatic heterocycles. The number of nitrogens with zero attached hydrogens (tertiary/aromatic N) is 4. The van der Waals surface area contributed by atoms with Gasteiger partial charge in [-0.05, 0) is 72.8 Å². The van der Waals surface area contributed by atoms with Gasteiger partial charge >= 0.3 is 0 Å². The third-order valence-corrected chi connectivity index (χ3v) is 17.7. The van der Waals surface area contributed by atoms with Crippen LogP contribution < -0.4 is 20.4 Å². The van der Waals surface area contributed by atoms with Crippen LogP contribution in [0.3, 0.4) is 0 Å². The Labute approximate surface area is 414 Å². The maximum atomic E-state index is 14.0. The Balaban J connectivity index is 1.07. The van der Waals surface area contributed by atoms with Crippen LogP contribution in [0.1, 0.15) is 31.8 Å². The molecular formula is C44H50N6O18S4. The van der Waals surface area contributed by atoms with Gasteiger partial charge in [0, 0.05) is 86.0 Å².